The maximum atomic E-state index is 11.3. The van der Waals surface area contributed by atoms with Crippen LogP contribution in [0.5, 0.6) is 0 Å². The van der Waals surface area contributed by atoms with E-state index in [1.807, 2.05) is 42.5 Å². The van der Waals surface area contributed by atoms with Gasteiger partial charge in [0.15, 0.2) is 0 Å². The average Bonchev–Trinajstić information content (AvgIpc) is 3.01. The first-order valence-corrected chi connectivity index (χ1v) is 7.50. The molecule has 0 aliphatic carbocycles. The van der Waals surface area contributed by atoms with Gasteiger partial charge in [0, 0.05) is 27.9 Å². The van der Waals surface area contributed by atoms with Crippen molar-refractivity contribution in [3.8, 4) is 11.1 Å². The maximum Gasteiger partial charge on any atom is 0.482 e. The molecule has 0 atom stereocenters. The number of nitrogens with zero attached hydrogens (tertiary/aromatic N) is 1. The summed E-state index contributed by atoms with van der Waals surface area (Å²) < 4.78 is 0. The lowest BCUT2D eigenvalue weighted by molar-refractivity contribution is -0.384. The first kappa shape index (κ1) is 16.7. The zero-order valence-electron chi connectivity index (χ0n) is 13.1. The lowest BCUT2D eigenvalue weighted by Gasteiger charge is -2.04. The molecule has 0 unspecified atom stereocenters. The quantitative estimate of drug-likeness (QED) is 0.297. The highest BCUT2D eigenvalue weighted by molar-refractivity contribution is 6.13. The van der Waals surface area contributed by atoms with Crippen LogP contribution in [0.1, 0.15) is 0 Å². The highest BCUT2D eigenvalue weighted by Gasteiger charge is 2.17. The molecule has 1 aromatic heterocycles. The Hall–Kier alpha value is -3.16. The van der Waals surface area contributed by atoms with Crippen LogP contribution in [-0.2, 0) is 0 Å². The van der Waals surface area contributed by atoms with E-state index in [0.717, 1.165) is 27.4 Å². The molecule has 0 aliphatic heterocycles. The fourth-order valence-corrected chi connectivity index (χ4v) is 2.96. The highest BCUT2D eigenvalue weighted by atomic mass is 16.6. The van der Waals surface area contributed by atoms with Gasteiger partial charge in [-0.1, -0.05) is 48.5 Å². The summed E-state index contributed by atoms with van der Waals surface area (Å²) in [5.41, 5.74) is 3.56. The van der Waals surface area contributed by atoms with Crippen LogP contribution in [0.2, 0.25) is 0 Å². The van der Waals surface area contributed by atoms with E-state index < -0.39 is 0 Å². The van der Waals surface area contributed by atoms with Gasteiger partial charge in [-0.25, -0.2) is 0 Å². The summed E-state index contributed by atoms with van der Waals surface area (Å²) in [5, 5.41) is 27.5. The average molecular weight is 333 g/mol. The minimum atomic E-state index is -0.336. The number of nitro benzene ring substituents is 1. The Bertz CT molecular complexity index is 1050. The van der Waals surface area contributed by atoms with Gasteiger partial charge in [0.05, 0.1) is 16.0 Å². The van der Waals surface area contributed by atoms with E-state index in [4.69, 9.17) is 10.0 Å². The topological polar surface area (TPSA) is 99.4 Å². The Labute approximate surface area is 143 Å². The van der Waals surface area contributed by atoms with Crippen LogP contribution in [0, 0.1) is 10.1 Å². The van der Waals surface area contributed by atoms with Crippen molar-refractivity contribution < 1.29 is 15.0 Å². The molecule has 7 heteroatoms. The largest absolute Gasteiger partial charge is 0.482 e. The van der Waals surface area contributed by atoms with Gasteiger partial charge in [0.1, 0.15) is 0 Å². The standard InChI is InChI=1S/C18H12N2O2.BH2O2/c21-20(22)17-11-4-2-7-13(17)15-9-5-8-14-12-6-1-3-10-16(12)19-18(14)15;2-1-3/h1-11,19H;2-3H. The molecule has 0 saturated heterocycles. The van der Waals surface area contributed by atoms with Crippen LogP contribution in [0.15, 0.2) is 66.7 Å². The summed E-state index contributed by atoms with van der Waals surface area (Å²) in [4.78, 5) is 14.4. The van der Waals surface area contributed by atoms with Gasteiger partial charge in [0.25, 0.3) is 5.69 Å². The number of aromatic amines is 1. The zero-order valence-corrected chi connectivity index (χ0v) is 13.1. The number of para-hydroxylation sites is 3. The first-order chi connectivity index (χ1) is 12.2. The lowest BCUT2D eigenvalue weighted by atomic mass is 10.0. The Morgan fingerprint density at radius 2 is 1.44 bits per heavy atom. The molecule has 4 aromatic rings. The van der Waals surface area contributed by atoms with Gasteiger partial charge in [0.2, 0.25) is 0 Å². The van der Waals surface area contributed by atoms with E-state index in [2.05, 4.69) is 11.1 Å². The monoisotopic (exact) mass is 333 g/mol. The van der Waals surface area contributed by atoms with Gasteiger partial charge < -0.3 is 15.0 Å². The Morgan fingerprint density at radius 3 is 2.20 bits per heavy atom. The maximum absolute atomic E-state index is 11.3. The summed E-state index contributed by atoms with van der Waals surface area (Å²) in [7, 11) is 0. The van der Waals surface area contributed by atoms with E-state index in [1.54, 1.807) is 12.1 Å². The Morgan fingerprint density at radius 1 is 0.840 bits per heavy atom. The predicted molar refractivity (Wildman–Crippen MR) is 98.1 cm³/mol. The zero-order chi connectivity index (χ0) is 17.8. The number of benzene rings is 3. The van der Waals surface area contributed by atoms with Gasteiger partial charge in [-0.05, 0) is 12.1 Å². The third-order valence-electron chi connectivity index (χ3n) is 3.93. The van der Waals surface area contributed by atoms with Crippen molar-refractivity contribution in [3.05, 3.63) is 76.8 Å². The third-order valence-corrected chi connectivity index (χ3v) is 3.93. The smallest absolute Gasteiger partial charge is 0.429 e. The molecule has 0 saturated carbocycles. The van der Waals surface area contributed by atoms with Gasteiger partial charge in [-0.3, -0.25) is 10.1 Å². The molecule has 25 heavy (non-hydrogen) atoms. The summed E-state index contributed by atoms with van der Waals surface area (Å²) in [6, 6.07) is 20.8. The summed E-state index contributed by atoms with van der Waals surface area (Å²) in [5.74, 6) is 0. The number of aromatic nitrogens is 1. The van der Waals surface area contributed by atoms with E-state index in [0.29, 0.717) is 5.56 Å². The second-order valence-corrected chi connectivity index (χ2v) is 5.29. The third kappa shape index (κ3) is 3.10. The van der Waals surface area contributed by atoms with Crippen LogP contribution < -0.4 is 0 Å². The fraction of sp³-hybridized carbons (Fsp3) is 0. The normalized spacial score (nSPS) is 10.3. The number of hydrogen-bond acceptors (Lipinski definition) is 4. The minimum absolute atomic E-state index is 0. The lowest BCUT2D eigenvalue weighted by Crippen LogP contribution is -1.92. The van der Waals surface area contributed by atoms with Gasteiger partial charge in [-0.15, -0.1) is 0 Å². The Balaban J connectivity index is 0.000000569. The second kappa shape index (κ2) is 7.17. The molecule has 4 rings (SSSR count). The van der Waals surface area contributed by atoms with Crippen LogP contribution in [-0.4, -0.2) is 27.6 Å². The SMILES string of the molecule is O=[N+]([O-])c1ccccc1-c1cccc2c1[nH]c1ccccc12.O[B]O. The molecule has 1 heterocycles. The van der Waals surface area contributed by atoms with E-state index in [-0.39, 0.29) is 18.3 Å². The van der Waals surface area contributed by atoms with Crippen molar-refractivity contribution in [2.75, 3.05) is 0 Å². The van der Waals surface area contributed by atoms with Crippen LogP contribution >= 0.6 is 0 Å². The Kier molecular flexibility index (Phi) is 4.79. The molecule has 6 nitrogen and oxygen atoms in total. The second-order valence-electron chi connectivity index (χ2n) is 5.29. The molecule has 3 N–H and O–H groups in total. The van der Waals surface area contributed by atoms with Crippen LogP contribution in [0.3, 0.4) is 0 Å². The molecule has 0 fully saturated rings. The van der Waals surface area contributed by atoms with Crippen molar-refractivity contribution in [1.29, 1.82) is 0 Å². The summed E-state index contributed by atoms with van der Waals surface area (Å²) >= 11 is 0. The summed E-state index contributed by atoms with van der Waals surface area (Å²) in [6.45, 7) is 0. The van der Waals surface area contributed by atoms with Gasteiger partial charge >= 0.3 is 7.69 Å². The van der Waals surface area contributed by atoms with Crippen molar-refractivity contribution in [1.82, 2.24) is 4.98 Å². The van der Waals surface area contributed by atoms with Crippen LogP contribution in [0.25, 0.3) is 32.9 Å². The molecular formula is C18H14BN2O4. The minimum Gasteiger partial charge on any atom is -0.429 e. The molecule has 0 amide bonds. The van der Waals surface area contributed by atoms with E-state index >= 15 is 0 Å². The molecule has 1 radical (unpaired) electrons. The number of nitro groups is 1. The van der Waals surface area contributed by atoms with Crippen molar-refractivity contribution in [3.63, 3.8) is 0 Å². The van der Waals surface area contributed by atoms with E-state index in [9.17, 15) is 10.1 Å². The number of rotatable bonds is 2. The highest BCUT2D eigenvalue weighted by Crippen LogP contribution is 2.36. The van der Waals surface area contributed by atoms with Crippen molar-refractivity contribution in [2.24, 2.45) is 0 Å². The molecule has 0 spiro atoms. The number of H-pyrrole nitrogens is 1. The predicted octanol–water partition coefficient (Wildman–Crippen LogP) is 3.40. The van der Waals surface area contributed by atoms with Crippen molar-refractivity contribution >= 4 is 35.2 Å². The molecule has 3 aromatic carbocycles. The molecule has 0 aliphatic rings. The van der Waals surface area contributed by atoms with Gasteiger partial charge in [-0.2, -0.15) is 0 Å². The molecular weight excluding hydrogens is 319 g/mol. The molecule has 0 bridgehead atoms. The number of nitrogens with one attached hydrogen (secondary N) is 1. The molecule has 123 valence electrons. The number of fused-ring (bicyclic) bond motifs is 3. The number of hydrogen-bond donors (Lipinski definition) is 3. The first-order valence-electron chi connectivity index (χ1n) is 7.50. The fourth-order valence-electron chi connectivity index (χ4n) is 2.96. The van der Waals surface area contributed by atoms with Crippen LogP contribution in [0.4, 0.5) is 5.69 Å². The van der Waals surface area contributed by atoms with E-state index in [1.165, 1.54) is 6.07 Å². The summed E-state index contributed by atoms with van der Waals surface area (Å²) in [6.07, 6.45) is 0. The van der Waals surface area contributed by atoms with Crippen molar-refractivity contribution in [2.45, 2.75) is 0 Å².